The van der Waals surface area contributed by atoms with Crippen LogP contribution in [0.1, 0.15) is 13.3 Å². The summed E-state index contributed by atoms with van der Waals surface area (Å²) in [6, 6.07) is 8.12. The van der Waals surface area contributed by atoms with Gasteiger partial charge in [-0.15, -0.1) is 11.8 Å². The molecule has 0 unspecified atom stereocenters. The number of para-hydroxylation sites is 1. The number of anilines is 1. The zero-order valence-corrected chi connectivity index (χ0v) is 14.6. The molecule has 2 aliphatic heterocycles. The first-order valence-corrected chi connectivity index (χ1v) is 8.84. The van der Waals surface area contributed by atoms with Crippen LogP contribution in [0.3, 0.4) is 0 Å². The van der Waals surface area contributed by atoms with Crippen molar-refractivity contribution in [1.29, 1.82) is 0 Å². The van der Waals surface area contributed by atoms with Crippen molar-refractivity contribution in [2.75, 3.05) is 32.5 Å². The van der Waals surface area contributed by atoms with Crippen molar-refractivity contribution in [3.63, 3.8) is 0 Å². The van der Waals surface area contributed by atoms with E-state index in [1.165, 1.54) is 11.8 Å². The van der Waals surface area contributed by atoms with Gasteiger partial charge in [0.1, 0.15) is 0 Å². The molecular formula is C17H23N3O2S. The largest absolute Gasteiger partial charge is 0.341 e. The number of likely N-dealkylation sites (tertiary alicyclic amines) is 1. The van der Waals surface area contributed by atoms with Gasteiger partial charge in [0.25, 0.3) is 0 Å². The molecule has 5 nitrogen and oxygen atoms in total. The van der Waals surface area contributed by atoms with E-state index in [0.29, 0.717) is 12.0 Å². The van der Waals surface area contributed by atoms with Gasteiger partial charge in [-0.25, -0.2) is 0 Å². The average molecular weight is 333 g/mol. The zero-order valence-electron chi connectivity index (χ0n) is 13.8. The van der Waals surface area contributed by atoms with E-state index in [-0.39, 0.29) is 23.5 Å². The van der Waals surface area contributed by atoms with Crippen LogP contribution in [-0.4, -0.2) is 60.1 Å². The fourth-order valence-electron chi connectivity index (χ4n) is 3.34. The van der Waals surface area contributed by atoms with Crippen molar-refractivity contribution >= 4 is 29.3 Å². The second-order valence-corrected chi connectivity index (χ2v) is 7.85. The molecule has 0 aliphatic carbocycles. The van der Waals surface area contributed by atoms with Crippen LogP contribution in [0.5, 0.6) is 0 Å². The Hall–Kier alpha value is -1.53. The Morgan fingerprint density at radius 3 is 2.78 bits per heavy atom. The molecule has 0 radical (unpaired) electrons. The molecule has 2 aliphatic rings. The number of thioether (sulfide) groups is 1. The monoisotopic (exact) mass is 333 g/mol. The summed E-state index contributed by atoms with van der Waals surface area (Å²) in [6.45, 7) is 3.70. The van der Waals surface area contributed by atoms with Crippen molar-refractivity contribution in [1.82, 2.24) is 9.80 Å². The summed E-state index contributed by atoms with van der Waals surface area (Å²) in [4.78, 5) is 29.9. The number of hydrogen-bond acceptors (Lipinski definition) is 4. The van der Waals surface area contributed by atoms with Crippen LogP contribution < -0.4 is 5.32 Å². The highest BCUT2D eigenvalue weighted by Gasteiger charge is 2.36. The molecule has 2 heterocycles. The van der Waals surface area contributed by atoms with Gasteiger partial charge in [0.2, 0.25) is 11.8 Å². The van der Waals surface area contributed by atoms with Crippen LogP contribution in [-0.2, 0) is 9.59 Å². The molecule has 2 amide bonds. The fraction of sp³-hybridized carbons (Fsp3) is 0.529. The number of rotatable bonds is 3. The van der Waals surface area contributed by atoms with Crippen LogP contribution in [0.25, 0.3) is 0 Å². The highest BCUT2D eigenvalue weighted by Crippen LogP contribution is 2.37. The van der Waals surface area contributed by atoms with Crippen LogP contribution in [0.4, 0.5) is 5.69 Å². The maximum absolute atomic E-state index is 12.6. The molecule has 3 atom stereocenters. The smallest absolute Gasteiger partial charge is 0.238 e. The Bertz CT molecular complexity index is 620. The number of fused-ring (bicyclic) bond motifs is 1. The molecule has 0 spiro atoms. The summed E-state index contributed by atoms with van der Waals surface area (Å²) in [5, 5.41) is 2.56. The molecule has 124 valence electrons. The lowest BCUT2D eigenvalue weighted by atomic mass is 10.1. The summed E-state index contributed by atoms with van der Waals surface area (Å²) < 4.78 is 0. The number of benzene rings is 1. The van der Waals surface area contributed by atoms with Crippen molar-refractivity contribution in [2.45, 2.75) is 29.5 Å². The van der Waals surface area contributed by atoms with Crippen LogP contribution >= 0.6 is 11.8 Å². The minimum absolute atomic E-state index is 0.0709. The van der Waals surface area contributed by atoms with Crippen LogP contribution in [0, 0.1) is 5.92 Å². The van der Waals surface area contributed by atoms with E-state index in [1.54, 1.807) is 0 Å². The number of amides is 2. The standard InChI is InChI=1S/C17H23N3O2S/c1-11-9-20(10-13(11)19(2)3)16(21)8-15-17(22)18-12-6-4-5-7-14(12)23-15/h4-7,11,13,15H,8-10H2,1-3H3,(H,18,22)/t11-,13-,15+/m1/s1. The molecule has 0 aromatic heterocycles. The molecule has 6 heteroatoms. The zero-order chi connectivity index (χ0) is 16.6. The minimum atomic E-state index is -0.342. The van der Waals surface area contributed by atoms with Gasteiger partial charge in [0.05, 0.1) is 10.9 Å². The highest BCUT2D eigenvalue weighted by molar-refractivity contribution is 8.01. The number of nitrogens with zero attached hydrogens (tertiary/aromatic N) is 2. The predicted molar refractivity (Wildman–Crippen MR) is 92.6 cm³/mol. The maximum atomic E-state index is 12.6. The number of carbonyl (C=O) groups is 2. The van der Waals surface area contributed by atoms with E-state index < -0.39 is 0 Å². The van der Waals surface area contributed by atoms with Gasteiger partial charge in [0, 0.05) is 30.4 Å². The first kappa shape index (κ1) is 16.3. The summed E-state index contributed by atoms with van der Waals surface area (Å²) in [6.07, 6.45) is 0.262. The van der Waals surface area contributed by atoms with Crippen molar-refractivity contribution in [3.05, 3.63) is 24.3 Å². The van der Waals surface area contributed by atoms with E-state index in [4.69, 9.17) is 0 Å². The van der Waals surface area contributed by atoms with Crippen LogP contribution in [0.2, 0.25) is 0 Å². The normalized spacial score (nSPS) is 27.0. The van der Waals surface area contributed by atoms with Gasteiger partial charge in [-0.3, -0.25) is 9.59 Å². The van der Waals surface area contributed by atoms with Gasteiger partial charge in [0.15, 0.2) is 0 Å². The van der Waals surface area contributed by atoms with Gasteiger partial charge in [-0.05, 0) is 32.1 Å². The molecule has 1 N–H and O–H groups in total. The highest BCUT2D eigenvalue weighted by atomic mass is 32.2. The Morgan fingerprint density at radius 1 is 1.35 bits per heavy atom. The third-order valence-corrected chi connectivity index (χ3v) is 5.93. The maximum Gasteiger partial charge on any atom is 0.238 e. The molecule has 1 fully saturated rings. The first-order valence-electron chi connectivity index (χ1n) is 7.96. The number of nitrogens with one attached hydrogen (secondary N) is 1. The van der Waals surface area contributed by atoms with Gasteiger partial charge in [-0.2, -0.15) is 0 Å². The summed E-state index contributed by atoms with van der Waals surface area (Å²) in [5.41, 5.74) is 0.841. The second kappa shape index (κ2) is 6.53. The lowest BCUT2D eigenvalue weighted by Gasteiger charge is -2.26. The summed E-state index contributed by atoms with van der Waals surface area (Å²) in [7, 11) is 4.10. The van der Waals surface area contributed by atoms with Gasteiger partial charge in [-0.1, -0.05) is 19.1 Å². The lowest BCUT2D eigenvalue weighted by Crippen LogP contribution is -2.38. The quantitative estimate of drug-likeness (QED) is 0.918. The Balaban J connectivity index is 1.64. The van der Waals surface area contributed by atoms with Crippen molar-refractivity contribution in [3.8, 4) is 0 Å². The molecule has 0 saturated carbocycles. The second-order valence-electron chi connectivity index (χ2n) is 6.60. The average Bonchev–Trinajstić information content (AvgIpc) is 2.90. The van der Waals surface area contributed by atoms with Gasteiger partial charge < -0.3 is 15.1 Å². The third kappa shape index (κ3) is 3.38. The van der Waals surface area contributed by atoms with E-state index in [9.17, 15) is 9.59 Å². The summed E-state index contributed by atoms with van der Waals surface area (Å²) in [5.74, 6) is 0.467. The SMILES string of the molecule is C[C@@H]1CN(C(=O)C[C@@H]2Sc3ccccc3NC2=O)C[C@H]1N(C)C. The van der Waals surface area contributed by atoms with Crippen molar-refractivity contribution in [2.24, 2.45) is 5.92 Å². The van der Waals surface area contributed by atoms with Crippen molar-refractivity contribution < 1.29 is 9.59 Å². The molecule has 1 aromatic carbocycles. The minimum Gasteiger partial charge on any atom is -0.341 e. The van der Waals surface area contributed by atoms with E-state index in [0.717, 1.165) is 23.7 Å². The lowest BCUT2D eigenvalue weighted by molar-refractivity contribution is -0.131. The number of likely N-dealkylation sites (N-methyl/N-ethyl adjacent to an activating group) is 1. The molecule has 1 saturated heterocycles. The topological polar surface area (TPSA) is 52.7 Å². The first-order chi connectivity index (χ1) is 11.0. The summed E-state index contributed by atoms with van der Waals surface area (Å²) >= 11 is 1.49. The van der Waals surface area contributed by atoms with E-state index >= 15 is 0 Å². The predicted octanol–water partition coefficient (Wildman–Crippen LogP) is 1.90. The van der Waals surface area contributed by atoms with Crippen LogP contribution in [0.15, 0.2) is 29.2 Å². The molecule has 0 bridgehead atoms. The Morgan fingerprint density at radius 2 is 2.09 bits per heavy atom. The molecule has 23 heavy (non-hydrogen) atoms. The van der Waals surface area contributed by atoms with E-state index in [1.807, 2.05) is 29.2 Å². The molecular weight excluding hydrogens is 310 g/mol. The fourth-order valence-corrected chi connectivity index (χ4v) is 4.44. The molecule has 3 rings (SSSR count). The Kier molecular flexibility index (Phi) is 4.64. The number of carbonyl (C=O) groups excluding carboxylic acids is 2. The third-order valence-electron chi connectivity index (χ3n) is 4.66. The molecule has 1 aromatic rings. The van der Waals surface area contributed by atoms with Gasteiger partial charge >= 0.3 is 0 Å². The number of hydrogen-bond donors (Lipinski definition) is 1. The van der Waals surface area contributed by atoms with E-state index in [2.05, 4.69) is 31.2 Å². The Labute approximate surface area is 141 Å².